The van der Waals surface area contributed by atoms with E-state index < -0.39 is 0 Å². The van der Waals surface area contributed by atoms with Crippen LogP contribution in [0.1, 0.15) is 57.8 Å². The highest BCUT2D eigenvalue weighted by Crippen LogP contribution is 2.26. The largest absolute Gasteiger partial charge is 0.341 e. The first-order valence-corrected chi connectivity index (χ1v) is 7.31. The molecule has 1 saturated carbocycles. The number of carbonyl (C=O) groups excluding carboxylic acids is 1. The van der Waals surface area contributed by atoms with Gasteiger partial charge < -0.3 is 10.6 Å². The summed E-state index contributed by atoms with van der Waals surface area (Å²) >= 11 is 0. The highest BCUT2D eigenvalue weighted by atomic mass is 16.2. The van der Waals surface area contributed by atoms with Gasteiger partial charge in [-0.15, -0.1) is 0 Å². The zero-order valence-corrected chi connectivity index (χ0v) is 10.9. The predicted octanol–water partition coefficient (Wildman–Crippen LogP) is 2.30. The van der Waals surface area contributed by atoms with E-state index in [1.165, 1.54) is 38.5 Å². The van der Waals surface area contributed by atoms with Gasteiger partial charge in [0.25, 0.3) is 0 Å². The first-order chi connectivity index (χ1) is 8.27. The molecular formula is C14H26N2O. The number of amides is 1. The summed E-state index contributed by atoms with van der Waals surface area (Å²) in [4.78, 5) is 13.9. The predicted molar refractivity (Wildman–Crippen MR) is 69.6 cm³/mol. The lowest BCUT2D eigenvalue weighted by Gasteiger charge is -2.31. The van der Waals surface area contributed by atoms with Gasteiger partial charge in [0.15, 0.2) is 0 Å². The van der Waals surface area contributed by atoms with Crippen LogP contribution in [0.15, 0.2) is 0 Å². The zero-order chi connectivity index (χ0) is 12.1. The molecule has 3 heteroatoms. The molecule has 2 fully saturated rings. The van der Waals surface area contributed by atoms with Gasteiger partial charge in [-0.2, -0.15) is 0 Å². The van der Waals surface area contributed by atoms with Crippen LogP contribution in [0.5, 0.6) is 0 Å². The van der Waals surface area contributed by atoms with Gasteiger partial charge >= 0.3 is 0 Å². The van der Waals surface area contributed by atoms with Gasteiger partial charge in [-0.1, -0.05) is 25.7 Å². The maximum Gasteiger partial charge on any atom is 0.222 e. The third kappa shape index (κ3) is 3.70. The van der Waals surface area contributed by atoms with E-state index in [2.05, 4.69) is 0 Å². The van der Waals surface area contributed by atoms with Crippen LogP contribution in [-0.2, 0) is 4.79 Å². The molecule has 3 nitrogen and oxygen atoms in total. The molecule has 1 heterocycles. The number of nitrogens with zero attached hydrogens (tertiary/aromatic N) is 1. The maximum absolute atomic E-state index is 11.9. The molecule has 0 aromatic heterocycles. The van der Waals surface area contributed by atoms with E-state index in [1.807, 2.05) is 4.90 Å². The van der Waals surface area contributed by atoms with Gasteiger partial charge in [0.1, 0.15) is 0 Å². The minimum absolute atomic E-state index is 0.206. The molecule has 2 N–H and O–H groups in total. The lowest BCUT2D eigenvalue weighted by atomic mass is 9.84. The molecule has 0 radical (unpaired) electrons. The number of hydrogen-bond donors (Lipinski definition) is 1. The molecule has 1 amide bonds. The van der Waals surface area contributed by atoms with Crippen LogP contribution in [0, 0.1) is 5.92 Å². The highest BCUT2D eigenvalue weighted by molar-refractivity contribution is 5.76. The van der Waals surface area contributed by atoms with Gasteiger partial charge in [0.2, 0.25) is 5.91 Å². The van der Waals surface area contributed by atoms with Gasteiger partial charge in [-0.3, -0.25) is 4.79 Å². The molecule has 1 atom stereocenters. The van der Waals surface area contributed by atoms with Crippen molar-refractivity contribution < 1.29 is 4.79 Å². The van der Waals surface area contributed by atoms with Crippen molar-refractivity contribution in [3.63, 3.8) is 0 Å². The zero-order valence-electron chi connectivity index (χ0n) is 10.9. The Kier molecular flexibility index (Phi) is 4.84. The molecule has 1 unspecified atom stereocenters. The molecule has 0 aromatic rings. The number of likely N-dealkylation sites (tertiary alicyclic amines) is 1. The molecule has 2 rings (SSSR count). The van der Waals surface area contributed by atoms with Crippen LogP contribution < -0.4 is 5.73 Å². The second-order valence-electron chi connectivity index (χ2n) is 5.71. The highest BCUT2D eigenvalue weighted by Gasteiger charge is 2.25. The second-order valence-corrected chi connectivity index (χ2v) is 5.71. The standard InChI is InChI=1S/C14H26N2O/c15-13(12-7-3-1-4-8-12)11-16-10-6-2-5-9-14(16)17/h12-13H,1-11,15H2. The van der Waals surface area contributed by atoms with Gasteiger partial charge in [0, 0.05) is 25.6 Å². The molecule has 2 aliphatic rings. The van der Waals surface area contributed by atoms with Gasteiger partial charge in [0.05, 0.1) is 0 Å². The molecule has 0 spiro atoms. The summed E-state index contributed by atoms with van der Waals surface area (Å²) in [5.41, 5.74) is 6.30. The van der Waals surface area contributed by atoms with E-state index in [0.717, 1.165) is 32.4 Å². The van der Waals surface area contributed by atoms with Crippen LogP contribution in [0.4, 0.5) is 0 Å². The first kappa shape index (κ1) is 12.9. The smallest absolute Gasteiger partial charge is 0.222 e. The topological polar surface area (TPSA) is 46.3 Å². The van der Waals surface area contributed by atoms with Crippen molar-refractivity contribution in [3.05, 3.63) is 0 Å². The summed E-state index contributed by atoms with van der Waals surface area (Å²) in [5, 5.41) is 0. The Morgan fingerprint density at radius 3 is 2.59 bits per heavy atom. The van der Waals surface area contributed by atoms with E-state index in [9.17, 15) is 4.79 Å². The lowest BCUT2D eigenvalue weighted by Crippen LogP contribution is -2.45. The lowest BCUT2D eigenvalue weighted by molar-refractivity contribution is -0.131. The minimum Gasteiger partial charge on any atom is -0.341 e. The fourth-order valence-electron chi connectivity index (χ4n) is 3.20. The van der Waals surface area contributed by atoms with Crippen LogP contribution in [-0.4, -0.2) is 29.9 Å². The Bertz CT molecular complexity index is 249. The summed E-state index contributed by atoms with van der Waals surface area (Å²) in [6, 6.07) is 0.206. The Balaban J connectivity index is 1.83. The number of carbonyl (C=O) groups is 1. The Hall–Kier alpha value is -0.570. The number of hydrogen-bond acceptors (Lipinski definition) is 2. The minimum atomic E-state index is 0.206. The number of nitrogens with two attached hydrogens (primary N) is 1. The average molecular weight is 238 g/mol. The molecular weight excluding hydrogens is 212 g/mol. The van der Waals surface area contributed by atoms with Gasteiger partial charge in [-0.05, 0) is 31.6 Å². The van der Waals surface area contributed by atoms with E-state index in [4.69, 9.17) is 5.73 Å². The SMILES string of the molecule is NC(CN1CCCCCC1=O)C1CCCCC1. The molecule has 17 heavy (non-hydrogen) atoms. The molecule has 0 aromatic carbocycles. The normalized spacial score (nSPS) is 25.7. The van der Waals surface area contributed by atoms with Gasteiger partial charge in [-0.25, -0.2) is 0 Å². The third-order valence-corrected chi connectivity index (χ3v) is 4.36. The molecule has 1 aliphatic carbocycles. The van der Waals surface area contributed by atoms with Crippen molar-refractivity contribution >= 4 is 5.91 Å². The average Bonchev–Trinajstić information content (AvgIpc) is 2.56. The molecule has 1 saturated heterocycles. The number of rotatable bonds is 3. The summed E-state index contributed by atoms with van der Waals surface area (Å²) in [6.07, 6.45) is 10.7. The third-order valence-electron chi connectivity index (χ3n) is 4.36. The first-order valence-electron chi connectivity index (χ1n) is 7.31. The molecule has 1 aliphatic heterocycles. The van der Waals surface area contributed by atoms with Crippen LogP contribution in [0.2, 0.25) is 0 Å². The Labute approximate surface area is 105 Å². The van der Waals surface area contributed by atoms with Crippen LogP contribution in [0.3, 0.4) is 0 Å². The summed E-state index contributed by atoms with van der Waals surface area (Å²) < 4.78 is 0. The quantitative estimate of drug-likeness (QED) is 0.820. The van der Waals surface area contributed by atoms with Crippen LogP contribution in [0.25, 0.3) is 0 Å². The van der Waals surface area contributed by atoms with E-state index >= 15 is 0 Å². The summed E-state index contributed by atoms with van der Waals surface area (Å²) in [6.45, 7) is 1.72. The van der Waals surface area contributed by atoms with Crippen molar-refractivity contribution in [2.24, 2.45) is 11.7 Å². The second kappa shape index (κ2) is 6.39. The van der Waals surface area contributed by atoms with Crippen molar-refractivity contribution in [2.75, 3.05) is 13.1 Å². The van der Waals surface area contributed by atoms with E-state index in [0.29, 0.717) is 11.8 Å². The van der Waals surface area contributed by atoms with Crippen LogP contribution >= 0.6 is 0 Å². The molecule has 98 valence electrons. The Morgan fingerprint density at radius 1 is 1.12 bits per heavy atom. The summed E-state index contributed by atoms with van der Waals surface area (Å²) in [5.74, 6) is 0.980. The monoisotopic (exact) mass is 238 g/mol. The van der Waals surface area contributed by atoms with Crippen molar-refractivity contribution in [3.8, 4) is 0 Å². The molecule has 0 bridgehead atoms. The van der Waals surface area contributed by atoms with Crippen molar-refractivity contribution in [1.29, 1.82) is 0 Å². The Morgan fingerprint density at radius 2 is 1.82 bits per heavy atom. The fourth-order valence-corrected chi connectivity index (χ4v) is 3.20. The van der Waals surface area contributed by atoms with E-state index in [1.54, 1.807) is 0 Å². The maximum atomic E-state index is 11.9. The van der Waals surface area contributed by atoms with Crippen molar-refractivity contribution in [1.82, 2.24) is 4.90 Å². The summed E-state index contributed by atoms with van der Waals surface area (Å²) in [7, 11) is 0. The van der Waals surface area contributed by atoms with E-state index in [-0.39, 0.29) is 6.04 Å². The van der Waals surface area contributed by atoms with Crippen molar-refractivity contribution in [2.45, 2.75) is 63.8 Å². The fraction of sp³-hybridized carbons (Fsp3) is 0.929.